The molecule has 3 rings (SSSR count). The first-order chi connectivity index (χ1) is 12.0. The summed E-state index contributed by atoms with van der Waals surface area (Å²) in [6, 6.07) is 7.93. The number of halogens is 1. The van der Waals surface area contributed by atoms with E-state index in [4.69, 9.17) is 9.47 Å². The fourth-order valence-electron chi connectivity index (χ4n) is 4.64. The Hall–Kier alpha value is -1.07. The Kier molecular flexibility index (Phi) is 7.53. The fraction of sp³-hybridized carbons (Fsp3) is 0.667. The zero-order valence-corrected chi connectivity index (χ0v) is 17.8. The van der Waals surface area contributed by atoms with Crippen LogP contribution in [0.2, 0.25) is 0 Å². The van der Waals surface area contributed by atoms with Gasteiger partial charge in [0.25, 0.3) is 0 Å². The molecule has 0 radical (unpaired) electrons. The number of quaternary nitrogens is 1. The number of benzene rings is 1. The summed E-state index contributed by atoms with van der Waals surface area (Å²) in [7, 11) is 2.39. The van der Waals surface area contributed by atoms with Crippen LogP contribution in [0.3, 0.4) is 0 Å². The van der Waals surface area contributed by atoms with Crippen molar-refractivity contribution in [3.63, 3.8) is 0 Å². The first-order valence-electron chi connectivity index (χ1n) is 9.76. The van der Waals surface area contributed by atoms with E-state index >= 15 is 0 Å². The van der Waals surface area contributed by atoms with E-state index in [9.17, 15) is 4.79 Å². The molecule has 4 nitrogen and oxygen atoms in total. The van der Waals surface area contributed by atoms with Gasteiger partial charge in [0, 0.05) is 12.3 Å². The van der Waals surface area contributed by atoms with E-state index in [1.165, 1.54) is 49.7 Å². The van der Waals surface area contributed by atoms with E-state index in [1.54, 1.807) is 12.1 Å². The van der Waals surface area contributed by atoms with Crippen LogP contribution in [0.1, 0.15) is 56.3 Å². The molecule has 0 aromatic heterocycles. The maximum absolute atomic E-state index is 12.4. The van der Waals surface area contributed by atoms with Crippen molar-refractivity contribution in [1.82, 2.24) is 0 Å². The lowest BCUT2D eigenvalue weighted by Crippen LogP contribution is -3.00. The molecule has 0 bridgehead atoms. The van der Waals surface area contributed by atoms with Crippen LogP contribution in [0.5, 0.6) is 5.75 Å². The van der Waals surface area contributed by atoms with Crippen LogP contribution in [0.15, 0.2) is 24.3 Å². The van der Waals surface area contributed by atoms with E-state index in [0.29, 0.717) is 24.1 Å². The number of hydrogen-bond acceptors (Lipinski definition) is 3. The minimum Gasteiger partial charge on any atom is -1.00 e. The Morgan fingerprint density at radius 2 is 1.81 bits per heavy atom. The predicted octanol–water partition coefficient (Wildman–Crippen LogP) is 1.04. The van der Waals surface area contributed by atoms with Crippen molar-refractivity contribution >= 4 is 5.97 Å². The van der Waals surface area contributed by atoms with Gasteiger partial charge in [0.2, 0.25) is 0 Å². The summed E-state index contributed by atoms with van der Waals surface area (Å²) in [5, 5.41) is 0. The fourth-order valence-corrected chi connectivity index (χ4v) is 4.64. The third-order valence-electron chi connectivity index (χ3n) is 5.90. The molecular formula is C21H32BrNO3. The predicted molar refractivity (Wildman–Crippen MR) is 98.8 cm³/mol. The molecule has 3 atom stereocenters. The van der Waals surface area contributed by atoms with Gasteiger partial charge in [-0.3, -0.25) is 0 Å². The number of ether oxygens (including phenoxy) is 2. The van der Waals surface area contributed by atoms with E-state index in [1.807, 2.05) is 26.0 Å². The molecule has 2 heterocycles. The molecule has 0 amide bonds. The van der Waals surface area contributed by atoms with Crippen LogP contribution >= 0.6 is 0 Å². The number of fused-ring (bicyclic) bond motifs is 1. The molecule has 5 heteroatoms. The number of hydrogen-bond donors (Lipinski definition) is 0. The van der Waals surface area contributed by atoms with Gasteiger partial charge in [0.1, 0.15) is 12.4 Å². The van der Waals surface area contributed by atoms with Crippen LogP contribution in [-0.2, 0) is 4.74 Å². The maximum Gasteiger partial charge on any atom is 0.338 e. The van der Waals surface area contributed by atoms with Crippen LogP contribution in [0.4, 0.5) is 0 Å². The number of carbonyl (C=O) groups is 1. The Morgan fingerprint density at radius 3 is 2.50 bits per heavy atom. The van der Waals surface area contributed by atoms with Gasteiger partial charge in [0.15, 0.2) is 0 Å². The Labute approximate surface area is 168 Å². The zero-order valence-electron chi connectivity index (χ0n) is 16.2. The lowest BCUT2D eigenvalue weighted by atomic mass is 9.82. The topological polar surface area (TPSA) is 35.5 Å². The van der Waals surface area contributed by atoms with Crippen molar-refractivity contribution in [2.75, 3.05) is 26.7 Å². The smallest absolute Gasteiger partial charge is 0.338 e. The molecule has 1 aromatic rings. The summed E-state index contributed by atoms with van der Waals surface area (Å²) < 4.78 is 12.5. The van der Waals surface area contributed by atoms with Gasteiger partial charge < -0.3 is 30.9 Å². The molecule has 2 aliphatic rings. The van der Waals surface area contributed by atoms with Gasteiger partial charge in [-0.25, -0.2) is 4.79 Å². The van der Waals surface area contributed by atoms with Crippen molar-refractivity contribution < 1.29 is 35.7 Å². The maximum atomic E-state index is 12.4. The van der Waals surface area contributed by atoms with Crippen molar-refractivity contribution in [3.8, 4) is 5.75 Å². The number of piperidine rings is 2. The van der Waals surface area contributed by atoms with Gasteiger partial charge in [-0.05, 0) is 63.8 Å². The van der Waals surface area contributed by atoms with E-state index < -0.39 is 0 Å². The van der Waals surface area contributed by atoms with E-state index in [2.05, 4.69) is 7.05 Å². The normalized spacial score (nSPS) is 28.0. The first kappa shape index (κ1) is 21.2. The van der Waals surface area contributed by atoms with Gasteiger partial charge in [-0.1, -0.05) is 0 Å². The first-order valence-corrected chi connectivity index (χ1v) is 9.76. The molecule has 0 aliphatic carbocycles. The minimum absolute atomic E-state index is 0. The van der Waals surface area contributed by atoms with Gasteiger partial charge >= 0.3 is 5.97 Å². The molecule has 0 saturated carbocycles. The minimum atomic E-state index is -0.216. The van der Waals surface area contributed by atoms with Crippen LogP contribution in [0.25, 0.3) is 0 Å². The number of carbonyl (C=O) groups excluding carboxylic acids is 1. The van der Waals surface area contributed by atoms with Gasteiger partial charge in [0.05, 0.1) is 37.8 Å². The van der Waals surface area contributed by atoms with Crippen molar-refractivity contribution in [3.05, 3.63) is 29.8 Å². The summed E-state index contributed by atoms with van der Waals surface area (Å²) in [5.41, 5.74) is 0.604. The largest absolute Gasteiger partial charge is 1.00 e. The molecule has 146 valence electrons. The lowest BCUT2D eigenvalue weighted by molar-refractivity contribution is -0.947. The molecule has 2 saturated heterocycles. The molecule has 26 heavy (non-hydrogen) atoms. The second-order valence-corrected chi connectivity index (χ2v) is 8.18. The number of esters is 1. The van der Waals surface area contributed by atoms with Crippen LogP contribution in [0, 0.1) is 5.92 Å². The summed E-state index contributed by atoms with van der Waals surface area (Å²) in [6.07, 6.45) is 6.50. The summed E-state index contributed by atoms with van der Waals surface area (Å²) in [4.78, 5) is 12.4. The lowest BCUT2D eigenvalue weighted by Gasteiger charge is -2.51. The highest BCUT2D eigenvalue weighted by atomic mass is 79.9. The summed E-state index contributed by atoms with van der Waals surface area (Å²) in [6.45, 7) is 7.11. The standard InChI is InChI=1S/C21H32NO3.BrH/c1-16(2)25-19-11-9-17(10-12-19)21(23)24-15-18-7-6-14-22(3)13-5-4-8-20(18)22;/h9-12,16,18,20H,4-8,13-15H2,1-3H3;1H/q+1;/p-1/t18-,20?,22?;/m0./s1. The molecule has 2 aliphatic heterocycles. The SMILES string of the molecule is CC(C)Oc1ccc(C(=O)OC[C@@H]2CCC[N+]3(C)CCCCC23)cc1.[Br-]. The van der Waals surface area contributed by atoms with Crippen LogP contribution in [-0.4, -0.2) is 49.3 Å². The Bertz CT molecular complexity index is 585. The van der Waals surface area contributed by atoms with E-state index in [0.717, 1.165) is 5.75 Å². The highest BCUT2D eigenvalue weighted by Gasteiger charge is 2.43. The average molecular weight is 426 g/mol. The molecule has 2 unspecified atom stereocenters. The summed E-state index contributed by atoms with van der Waals surface area (Å²) in [5.74, 6) is 1.08. The molecular weight excluding hydrogens is 394 g/mol. The number of rotatable bonds is 5. The van der Waals surface area contributed by atoms with E-state index in [-0.39, 0.29) is 29.1 Å². The van der Waals surface area contributed by atoms with Gasteiger partial charge in [-0.15, -0.1) is 0 Å². The third kappa shape index (κ3) is 5.01. The highest BCUT2D eigenvalue weighted by molar-refractivity contribution is 5.89. The quantitative estimate of drug-likeness (QED) is 0.522. The monoisotopic (exact) mass is 425 g/mol. The Morgan fingerprint density at radius 1 is 1.12 bits per heavy atom. The van der Waals surface area contributed by atoms with Crippen molar-refractivity contribution in [1.29, 1.82) is 0 Å². The van der Waals surface area contributed by atoms with Crippen molar-refractivity contribution in [2.45, 2.75) is 58.1 Å². The zero-order chi connectivity index (χ0) is 17.9. The molecule has 2 fully saturated rings. The van der Waals surface area contributed by atoms with Crippen LogP contribution < -0.4 is 21.7 Å². The molecule has 0 spiro atoms. The Balaban J connectivity index is 0.00000243. The molecule has 0 N–H and O–H groups in total. The summed E-state index contributed by atoms with van der Waals surface area (Å²) >= 11 is 0. The average Bonchev–Trinajstić information content (AvgIpc) is 2.59. The third-order valence-corrected chi connectivity index (χ3v) is 5.90. The van der Waals surface area contributed by atoms with Gasteiger partial charge in [-0.2, -0.15) is 0 Å². The highest BCUT2D eigenvalue weighted by Crippen LogP contribution is 2.36. The second kappa shape index (κ2) is 9.23. The second-order valence-electron chi connectivity index (χ2n) is 8.18. The molecule has 1 aromatic carbocycles. The van der Waals surface area contributed by atoms with Crippen molar-refractivity contribution in [2.24, 2.45) is 5.92 Å². The number of nitrogens with zero attached hydrogens (tertiary/aromatic N) is 1.